The van der Waals surface area contributed by atoms with Gasteiger partial charge in [-0.2, -0.15) is 11.8 Å². The van der Waals surface area contributed by atoms with E-state index in [0.717, 1.165) is 24.4 Å². The number of halogens is 1. The van der Waals surface area contributed by atoms with Crippen molar-refractivity contribution in [3.63, 3.8) is 0 Å². The fourth-order valence-electron chi connectivity index (χ4n) is 2.30. The number of benzene rings is 1. The van der Waals surface area contributed by atoms with Crippen molar-refractivity contribution in [2.45, 2.75) is 5.88 Å². The topological polar surface area (TPSA) is 16.1 Å². The first-order valence-electron chi connectivity index (χ1n) is 6.16. The Morgan fingerprint density at radius 3 is 2.78 bits per heavy atom. The Hall–Kier alpha value is -0.930. The molecule has 0 spiro atoms. The highest BCUT2D eigenvalue weighted by Gasteiger charge is 2.14. The van der Waals surface area contributed by atoms with E-state index >= 15 is 0 Å². The van der Waals surface area contributed by atoms with E-state index in [1.165, 1.54) is 22.5 Å². The molecule has 2 heterocycles. The second kappa shape index (κ2) is 5.37. The normalized spacial score (nSPS) is 16.2. The van der Waals surface area contributed by atoms with Crippen molar-refractivity contribution in [2.75, 3.05) is 29.5 Å². The summed E-state index contributed by atoms with van der Waals surface area (Å²) in [6, 6.07) is 10.4. The summed E-state index contributed by atoms with van der Waals surface area (Å²) < 4.78 is 0. The van der Waals surface area contributed by atoms with Gasteiger partial charge < -0.3 is 4.90 Å². The van der Waals surface area contributed by atoms with Crippen molar-refractivity contribution < 1.29 is 0 Å². The minimum absolute atomic E-state index is 0.540. The Bertz CT molecular complexity index is 552. The summed E-state index contributed by atoms with van der Waals surface area (Å²) >= 11 is 8.08. The SMILES string of the molecule is ClCc1cc(N2CCSCC2)nc2ccccc12. The van der Waals surface area contributed by atoms with Crippen LogP contribution in [-0.4, -0.2) is 29.6 Å². The van der Waals surface area contributed by atoms with Crippen LogP contribution < -0.4 is 4.90 Å². The molecule has 1 aromatic heterocycles. The van der Waals surface area contributed by atoms with Crippen LogP contribution in [-0.2, 0) is 5.88 Å². The average Bonchev–Trinajstić information content (AvgIpc) is 2.47. The number of hydrogen-bond donors (Lipinski definition) is 0. The minimum Gasteiger partial charge on any atom is -0.355 e. The first kappa shape index (κ1) is 12.1. The van der Waals surface area contributed by atoms with Crippen molar-refractivity contribution in [2.24, 2.45) is 0 Å². The molecule has 2 nitrogen and oxygen atoms in total. The van der Waals surface area contributed by atoms with Gasteiger partial charge in [-0.25, -0.2) is 4.98 Å². The monoisotopic (exact) mass is 278 g/mol. The van der Waals surface area contributed by atoms with E-state index in [1.54, 1.807) is 0 Å². The van der Waals surface area contributed by atoms with Gasteiger partial charge in [0, 0.05) is 35.9 Å². The van der Waals surface area contributed by atoms with E-state index in [-0.39, 0.29) is 0 Å². The summed E-state index contributed by atoms with van der Waals surface area (Å²) in [5.41, 5.74) is 2.22. The van der Waals surface area contributed by atoms with E-state index in [4.69, 9.17) is 16.6 Å². The lowest BCUT2D eigenvalue weighted by Crippen LogP contribution is -2.33. The molecule has 1 aliphatic heterocycles. The molecule has 1 aromatic carbocycles. The molecular formula is C14H15ClN2S. The second-order valence-electron chi connectivity index (χ2n) is 4.39. The van der Waals surface area contributed by atoms with Gasteiger partial charge in [-0.15, -0.1) is 11.6 Å². The Labute approximate surface area is 116 Å². The zero-order chi connectivity index (χ0) is 12.4. The van der Waals surface area contributed by atoms with E-state index in [0.29, 0.717) is 5.88 Å². The third-order valence-electron chi connectivity index (χ3n) is 3.27. The quantitative estimate of drug-likeness (QED) is 0.782. The molecule has 1 aliphatic rings. The number of nitrogens with zero attached hydrogens (tertiary/aromatic N) is 2. The van der Waals surface area contributed by atoms with Crippen molar-refractivity contribution in [3.8, 4) is 0 Å². The Morgan fingerprint density at radius 1 is 1.22 bits per heavy atom. The maximum Gasteiger partial charge on any atom is 0.129 e. The lowest BCUT2D eigenvalue weighted by Gasteiger charge is -2.28. The predicted octanol–water partition coefficient (Wildman–Crippen LogP) is 3.53. The molecule has 0 radical (unpaired) electrons. The van der Waals surface area contributed by atoms with Crippen molar-refractivity contribution in [1.82, 2.24) is 4.98 Å². The molecule has 0 amide bonds. The highest BCUT2D eigenvalue weighted by molar-refractivity contribution is 7.99. The molecule has 18 heavy (non-hydrogen) atoms. The van der Waals surface area contributed by atoms with Gasteiger partial charge >= 0.3 is 0 Å². The predicted molar refractivity (Wildman–Crippen MR) is 80.8 cm³/mol. The summed E-state index contributed by atoms with van der Waals surface area (Å²) in [7, 11) is 0. The van der Waals surface area contributed by atoms with Crippen LogP contribution >= 0.6 is 23.4 Å². The number of pyridine rings is 1. The third-order valence-corrected chi connectivity index (χ3v) is 4.50. The smallest absolute Gasteiger partial charge is 0.129 e. The number of fused-ring (bicyclic) bond motifs is 1. The van der Waals surface area contributed by atoms with Gasteiger partial charge in [-0.3, -0.25) is 0 Å². The van der Waals surface area contributed by atoms with Gasteiger partial charge in [-0.1, -0.05) is 18.2 Å². The molecule has 0 N–H and O–H groups in total. The van der Waals surface area contributed by atoms with Crippen LogP contribution in [0.2, 0.25) is 0 Å². The van der Waals surface area contributed by atoms with Crippen LogP contribution in [0.15, 0.2) is 30.3 Å². The zero-order valence-electron chi connectivity index (χ0n) is 10.1. The number of para-hydroxylation sites is 1. The van der Waals surface area contributed by atoms with E-state index in [2.05, 4.69) is 23.1 Å². The van der Waals surface area contributed by atoms with Gasteiger partial charge in [0.25, 0.3) is 0 Å². The number of rotatable bonds is 2. The van der Waals surface area contributed by atoms with E-state index in [9.17, 15) is 0 Å². The van der Waals surface area contributed by atoms with Gasteiger partial charge in [0.15, 0.2) is 0 Å². The van der Waals surface area contributed by atoms with Gasteiger partial charge in [0.2, 0.25) is 0 Å². The first-order chi connectivity index (χ1) is 8.88. The maximum absolute atomic E-state index is 6.07. The van der Waals surface area contributed by atoms with E-state index < -0.39 is 0 Å². The van der Waals surface area contributed by atoms with Crippen LogP contribution in [0.3, 0.4) is 0 Å². The van der Waals surface area contributed by atoms with Gasteiger partial charge in [0.1, 0.15) is 5.82 Å². The van der Waals surface area contributed by atoms with Crippen molar-refractivity contribution in [1.29, 1.82) is 0 Å². The Balaban J connectivity index is 2.07. The molecule has 1 fully saturated rings. The molecular weight excluding hydrogens is 264 g/mol. The maximum atomic E-state index is 6.07. The summed E-state index contributed by atoms with van der Waals surface area (Å²) in [6.45, 7) is 2.16. The van der Waals surface area contributed by atoms with Crippen molar-refractivity contribution >= 4 is 40.1 Å². The lowest BCUT2D eigenvalue weighted by molar-refractivity contribution is 0.842. The standard InChI is InChI=1S/C14H15ClN2S/c15-10-11-9-14(17-5-7-18-8-6-17)16-13-4-2-1-3-12(11)13/h1-4,9H,5-8,10H2. The van der Waals surface area contributed by atoms with Crippen LogP contribution in [0, 0.1) is 0 Å². The summed E-state index contributed by atoms with van der Waals surface area (Å²) in [4.78, 5) is 7.13. The molecule has 4 heteroatoms. The minimum atomic E-state index is 0.540. The summed E-state index contributed by atoms with van der Waals surface area (Å²) in [6.07, 6.45) is 0. The Kier molecular flexibility index (Phi) is 3.62. The third kappa shape index (κ3) is 2.29. The number of thioether (sulfide) groups is 1. The fourth-order valence-corrected chi connectivity index (χ4v) is 3.42. The van der Waals surface area contributed by atoms with Crippen LogP contribution in [0.1, 0.15) is 5.56 Å². The van der Waals surface area contributed by atoms with Crippen LogP contribution in [0.25, 0.3) is 10.9 Å². The Morgan fingerprint density at radius 2 is 2.00 bits per heavy atom. The lowest BCUT2D eigenvalue weighted by atomic mass is 10.1. The largest absolute Gasteiger partial charge is 0.355 e. The molecule has 0 unspecified atom stereocenters. The molecule has 3 rings (SSSR count). The molecule has 1 saturated heterocycles. The number of alkyl halides is 1. The van der Waals surface area contributed by atoms with Crippen LogP contribution in [0.5, 0.6) is 0 Å². The first-order valence-corrected chi connectivity index (χ1v) is 7.85. The second-order valence-corrected chi connectivity index (χ2v) is 5.88. The number of aromatic nitrogens is 1. The van der Waals surface area contributed by atoms with Gasteiger partial charge in [-0.05, 0) is 17.7 Å². The average molecular weight is 279 g/mol. The highest BCUT2D eigenvalue weighted by Crippen LogP contribution is 2.25. The zero-order valence-corrected chi connectivity index (χ0v) is 11.7. The highest BCUT2D eigenvalue weighted by atomic mass is 35.5. The molecule has 0 atom stereocenters. The van der Waals surface area contributed by atoms with Crippen LogP contribution in [0.4, 0.5) is 5.82 Å². The molecule has 0 saturated carbocycles. The summed E-state index contributed by atoms with van der Waals surface area (Å²) in [5, 5.41) is 1.17. The molecule has 94 valence electrons. The molecule has 0 bridgehead atoms. The van der Waals surface area contributed by atoms with Gasteiger partial charge in [0.05, 0.1) is 5.52 Å². The molecule has 2 aromatic rings. The van der Waals surface area contributed by atoms with Crippen molar-refractivity contribution in [3.05, 3.63) is 35.9 Å². The number of hydrogen-bond acceptors (Lipinski definition) is 3. The van der Waals surface area contributed by atoms with E-state index in [1.807, 2.05) is 23.9 Å². The fraction of sp³-hybridized carbons (Fsp3) is 0.357. The number of anilines is 1. The summed E-state index contributed by atoms with van der Waals surface area (Å²) in [5.74, 6) is 3.98. The molecule has 0 aliphatic carbocycles.